The van der Waals surface area contributed by atoms with Gasteiger partial charge < -0.3 is 0 Å². The summed E-state index contributed by atoms with van der Waals surface area (Å²) < 4.78 is 0. The molecule has 0 N–H and O–H groups in total. The van der Waals surface area contributed by atoms with Crippen LogP contribution < -0.4 is 0 Å². The molecular formula is C14H15BrS. The van der Waals surface area contributed by atoms with Gasteiger partial charge in [-0.3, -0.25) is 0 Å². The Morgan fingerprint density at radius 2 is 1.81 bits per heavy atom. The van der Waals surface area contributed by atoms with Crippen molar-refractivity contribution in [2.75, 3.05) is 0 Å². The third-order valence-electron chi connectivity index (χ3n) is 2.84. The first-order chi connectivity index (χ1) is 7.59. The zero-order chi connectivity index (χ0) is 11.7. The van der Waals surface area contributed by atoms with Gasteiger partial charge >= 0.3 is 0 Å². The Morgan fingerprint density at radius 1 is 1.06 bits per heavy atom. The molecule has 1 heterocycles. The van der Waals surface area contributed by atoms with Gasteiger partial charge in [-0.2, -0.15) is 0 Å². The molecule has 0 fully saturated rings. The lowest BCUT2D eigenvalue weighted by Crippen LogP contribution is -1.95. The number of hydrogen-bond donors (Lipinski definition) is 0. The Labute approximate surface area is 109 Å². The molecule has 0 bridgehead atoms. The van der Waals surface area contributed by atoms with Crippen molar-refractivity contribution in [2.24, 2.45) is 0 Å². The highest BCUT2D eigenvalue weighted by Crippen LogP contribution is 2.37. The quantitative estimate of drug-likeness (QED) is 0.671. The molecule has 0 aliphatic rings. The van der Waals surface area contributed by atoms with Crippen molar-refractivity contribution >= 4 is 27.3 Å². The van der Waals surface area contributed by atoms with Crippen LogP contribution in [0.3, 0.4) is 0 Å². The van der Waals surface area contributed by atoms with Crippen molar-refractivity contribution in [2.45, 2.75) is 25.6 Å². The van der Waals surface area contributed by atoms with Gasteiger partial charge in [0.15, 0.2) is 0 Å². The van der Waals surface area contributed by atoms with Gasteiger partial charge in [-0.1, -0.05) is 39.7 Å². The van der Waals surface area contributed by atoms with Gasteiger partial charge in [0.2, 0.25) is 0 Å². The Balaban J connectivity index is 2.45. The third-order valence-corrected chi connectivity index (χ3v) is 5.18. The SMILES string of the molecule is Cc1ccc(C)c(C(Br)c2sccc2C)c1. The number of alkyl halides is 1. The van der Waals surface area contributed by atoms with Crippen molar-refractivity contribution in [3.05, 3.63) is 56.8 Å². The van der Waals surface area contributed by atoms with Crippen molar-refractivity contribution in [1.29, 1.82) is 0 Å². The predicted octanol–water partition coefficient (Wildman–Crippen LogP) is 5.16. The van der Waals surface area contributed by atoms with Crippen LogP contribution >= 0.6 is 27.3 Å². The van der Waals surface area contributed by atoms with E-state index in [2.05, 4.69) is 66.3 Å². The number of hydrogen-bond acceptors (Lipinski definition) is 1. The fourth-order valence-electron chi connectivity index (χ4n) is 1.82. The van der Waals surface area contributed by atoms with Crippen LogP contribution in [-0.4, -0.2) is 0 Å². The molecule has 1 aromatic carbocycles. The maximum absolute atomic E-state index is 3.82. The Kier molecular flexibility index (Phi) is 3.50. The lowest BCUT2D eigenvalue weighted by atomic mass is 10.0. The molecule has 0 aliphatic heterocycles. The van der Waals surface area contributed by atoms with Gasteiger partial charge in [0.05, 0.1) is 4.83 Å². The highest BCUT2D eigenvalue weighted by Gasteiger charge is 2.15. The van der Waals surface area contributed by atoms with Gasteiger partial charge in [0.25, 0.3) is 0 Å². The fraction of sp³-hybridized carbons (Fsp3) is 0.286. The molecule has 0 nitrogen and oxygen atoms in total. The van der Waals surface area contributed by atoms with Gasteiger partial charge in [0, 0.05) is 4.88 Å². The molecule has 0 aliphatic carbocycles. The average molecular weight is 295 g/mol. The van der Waals surface area contributed by atoms with Crippen molar-refractivity contribution in [3.8, 4) is 0 Å². The summed E-state index contributed by atoms with van der Waals surface area (Å²) in [5.74, 6) is 0. The van der Waals surface area contributed by atoms with Crippen LogP contribution in [0.2, 0.25) is 0 Å². The Bertz CT molecular complexity index is 499. The first kappa shape index (κ1) is 11.9. The maximum Gasteiger partial charge on any atom is 0.0743 e. The van der Waals surface area contributed by atoms with Crippen molar-refractivity contribution < 1.29 is 0 Å². The maximum atomic E-state index is 3.82. The summed E-state index contributed by atoms with van der Waals surface area (Å²) in [6, 6.07) is 8.81. The Morgan fingerprint density at radius 3 is 2.44 bits per heavy atom. The zero-order valence-electron chi connectivity index (χ0n) is 9.75. The second-order valence-corrected chi connectivity index (χ2v) is 6.05. The lowest BCUT2D eigenvalue weighted by Gasteiger charge is -2.13. The van der Waals surface area contributed by atoms with Crippen LogP contribution in [-0.2, 0) is 0 Å². The van der Waals surface area contributed by atoms with Crippen LogP contribution in [0.25, 0.3) is 0 Å². The van der Waals surface area contributed by atoms with E-state index < -0.39 is 0 Å². The largest absolute Gasteiger partial charge is 0.147 e. The van der Waals surface area contributed by atoms with Gasteiger partial charge in [-0.15, -0.1) is 11.3 Å². The molecule has 2 aromatic rings. The van der Waals surface area contributed by atoms with Gasteiger partial charge in [-0.25, -0.2) is 0 Å². The van der Waals surface area contributed by atoms with E-state index in [1.54, 1.807) is 0 Å². The lowest BCUT2D eigenvalue weighted by molar-refractivity contribution is 1.15. The van der Waals surface area contributed by atoms with Crippen LogP contribution in [0, 0.1) is 20.8 Å². The van der Waals surface area contributed by atoms with Crippen LogP contribution in [0.4, 0.5) is 0 Å². The van der Waals surface area contributed by atoms with Crippen LogP contribution in [0.5, 0.6) is 0 Å². The Hall–Kier alpha value is -0.600. The van der Waals surface area contributed by atoms with Crippen LogP contribution in [0.15, 0.2) is 29.6 Å². The van der Waals surface area contributed by atoms with E-state index in [1.807, 2.05) is 11.3 Å². The average Bonchev–Trinajstić information content (AvgIpc) is 2.67. The number of aryl methyl sites for hydroxylation is 3. The predicted molar refractivity (Wildman–Crippen MR) is 75.7 cm³/mol. The zero-order valence-corrected chi connectivity index (χ0v) is 12.2. The summed E-state index contributed by atoms with van der Waals surface area (Å²) in [5, 5.41) is 2.16. The second kappa shape index (κ2) is 4.72. The van der Waals surface area contributed by atoms with Gasteiger partial charge in [-0.05, 0) is 48.9 Å². The first-order valence-corrected chi connectivity index (χ1v) is 7.14. The number of halogens is 1. The summed E-state index contributed by atoms with van der Waals surface area (Å²) in [7, 11) is 0. The van der Waals surface area contributed by atoms with Crippen molar-refractivity contribution in [3.63, 3.8) is 0 Å². The number of rotatable bonds is 2. The topological polar surface area (TPSA) is 0 Å². The molecule has 0 saturated heterocycles. The summed E-state index contributed by atoms with van der Waals surface area (Å²) in [5.41, 5.74) is 5.41. The molecule has 1 aromatic heterocycles. The molecule has 0 radical (unpaired) electrons. The minimum Gasteiger partial charge on any atom is -0.147 e. The number of benzene rings is 1. The summed E-state index contributed by atoms with van der Waals surface area (Å²) in [6.07, 6.45) is 0. The highest BCUT2D eigenvalue weighted by atomic mass is 79.9. The van der Waals surface area contributed by atoms with E-state index in [4.69, 9.17) is 0 Å². The van der Waals surface area contributed by atoms with E-state index in [1.165, 1.54) is 27.1 Å². The third kappa shape index (κ3) is 2.23. The summed E-state index contributed by atoms with van der Waals surface area (Å²) in [6.45, 7) is 6.49. The molecular weight excluding hydrogens is 280 g/mol. The highest BCUT2D eigenvalue weighted by molar-refractivity contribution is 9.09. The molecule has 2 rings (SSSR count). The van der Waals surface area contributed by atoms with Gasteiger partial charge in [0.1, 0.15) is 0 Å². The molecule has 84 valence electrons. The van der Waals surface area contributed by atoms with Crippen LogP contribution in [0.1, 0.15) is 32.0 Å². The molecule has 0 saturated carbocycles. The smallest absolute Gasteiger partial charge is 0.0743 e. The molecule has 0 amide bonds. The molecule has 1 unspecified atom stereocenters. The van der Waals surface area contributed by atoms with E-state index in [0.29, 0.717) is 4.83 Å². The minimum absolute atomic E-state index is 0.326. The fourth-order valence-corrected chi connectivity index (χ4v) is 3.92. The molecule has 16 heavy (non-hydrogen) atoms. The monoisotopic (exact) mass is 294 g/mol. The normalized spacial score (nSPS) is 12.8. The van der Waals surface area contributed by atoms with Crippen molar-refractivity contribution in [1.82, 2.24) is 0 Å². The summed E-state index contributed by atoms with van der Waals surface area (Å²) in [4.78, 5) is 1.74. The minimum atomic E-state index is 0.326. The molecule has 1 atom stereocenters. The summed E-state index contributed by atoms with van der Waals surface area (Å²) >= 11 is 5.64. The second-order valence-electron chi connectivity index (χ2n) is 4.19. The van der Waals surface area contributed by atoms with E-state index >= 15 is 0 Å². The number of thiophene rings is 1. The molecule has 2 heteroatoms. The van der Waals surface area contributed by atoms with E-state index in [0.717, 1.165) is 0 Å². The van der Waals surface area contributed by atoms with E-state index in [-0.39, 0.29) is 0 Å². The standard InChI is InChI=1S/C14H15BrS/c1-9-4-5-10(2)12(8-9)13(15)14-11(3)6-7-16-14/h4-8,13H,1-3H3. The first-order valence-electron chi connectivity index (χ1n) is 5.35. The van der Waals surface area contributed by atoms with E-state index in [9.17, 15) is 0 Å². The molecule has 0 spiro atoms.